The molecule has 1 saturated heterocycles. The number of nitrogens with zero attached hydrogens (tertiary/aromatic N) is 2. The topological polar surface area (TPSA) is 70.2 Å². The molecule has 0 atom stereocenters. The number of hydrogen-bond acceptors (Lipinski definition) is 5. The molecule has 0 unspecified atom stereocenters. The summed E-state index contributed by atoms with van der Waals surface area (Å²) in [6.45, 7) is 5.95. The molecule has 1 aliphatic heterocycles. The number of aromatic nitrogens is 2. The van der Waals surface area contributed by atoms with E-state index in [2.05, 4.69) is 27.1 Å². The van der Waals surface area contributed by atoms with Crippen LogP contribution in [-0.2, 0) is 0 Å². The van der Waals surface area contributed by atoms with E-state index in [1.165, 1.54) is 26.3 Å². The lowest BCUT2D eigenvalue weighted by Gasteiger charge is -2.30. The standard InChI is InChI=1S/C13H22N4O2/c1-3-17(8-10-4-6-14-7-5-10)12-11(19-2)13(18)16-9-15-12/h9-10,14H,3-8H2,1-2H3,(H,15,16,18). The molecule has 2 heterocycles. The first-order chi connectivity index (χ1) is 9.26. The second-order valence-corrected chi connectivity index (χ2v) is 4.82. The monoisotopic (exact) mass is 266 g/mol. The Balaban J connectivity index is 2.16. The summed E-state index contributed by atoms with van der Waals surface area (Å²) in [4.78, 5) is 20.7. The van der Waals surface area contributed by atoms with E-state index in [1.54, 1.807) is 0 Å². The number of H-pyrrole nitrogens is 1. The van der Waals surface area contributed by atoms with E-state index in [0.29, 0.717) is 17.5 Å². The minimum atomic E-state index is -0.226. The lowest BCUT2D eigenvalue weighted by atomic mass is 9.97. The highest BCUT2D eigenvalue weighted by Gasteiger charge is 2.20. The summed E-state index contributed by atoms with van der Waals surface area (Å²) in [6, 6.07) is 0. The van der Waals surface area contributed by atoms with Gasteiger partial charge in [0.15, 0.2) is 5.82 Å². The van der Waals surface area contributed by atoms with E-state index in [-0.39, 0.29) is 5.56 Å². The quantitative estimate of drug-likeness (QED) is 0.817. The van der Waals surface area contributed by atoms with Gasteiger partial charge in [0.1, 0.15) is 0 Å². The zero-order chi connectivity index (χ0) is 13.7. The number of rotatable bonds is 5. The van der Waals surface area contributed by atoms with E-state index in [1.807, 2.05) is 0 Å². The van der Waals surface area contributed by atoms with Gasteiger partial charge in [0.05, 0.1) is 13.4 Å². The highest BCUT2D eigenvalue weighted by molar-refractivity contribution is 5.50. The molecule has 6 heteroatoms. The van der Waals surface area contributed by atoms with Crippen LogP contribution in [0.5, 0.6) is 5.75 Å². The van der Waals surface area contributed by atoms with Crippen LogP contribution >= 0.6 is 0 Å². The number of anilines is 1. The Morgan fingerprint density at radius 2 is 2.21 bits per heavy atom. The van der Waals surface area contributed by atoms with Crippen molar-refractivity contribution in [3.8, 4) is 5.75 Å². The van der Waals surface area contributed by atoms with Crippen LogP contribution in [0.4, 0.5) is 5.82 Å². The van der Waals surface area contributed by atoms with Crippen molar-refractivity contribution in [3.63, 3.8) is 0 Å². The number of nitrogens with one attached hydrogen (secondary N) is 2. The first-order valence-electron chi connectivity index (χ1n) is 6.83. The summed E-state index contributed by atoms with van der Waals surface area (Å²) in [6.07, 6.45) is 3.77. The molecule has 1 aromatic heterocycles. The van der Waals surface area contributed by atoms with Crippen molar-refractivity contribution in [2.24, 2.45) is 5.92 Å². The molecule has 0 aliphatic carbocycles. The van der Waals surface area contributed by atoms with E-state index in [9.17, 15) is 4.79 Å². The van der Waals surface area contributed by atoms with Crippen LogP contribution in [0.25, 0.3) is 0 Å². The van der Waals surface area contributed by atoms with Gasteiger partial charge >= 0.3 is 0 Å². The van der Waals surface area contributed by atoms with Crippen molar-refractivity contribution in [2.45, 2.75) is 19.8 Å². The van der Waals surface area contributed by atoms with Gasteiger partial charge in [0.2, 0.25) is 5.75 Å². The molecule has 19 heavy (non-hydrogen) atoms. The van der Waals surface area contributed by atoms with Crippen LogP contribution in [0.1, 0.15) is 19.8 Å². The smallest absolute Gasteiger partial charge is 0.295 e. The minimum Gasteiger partial charge on any atom is -0.489 e. The van der Waals surface area contributed by atoms with E-state index in [4.69, 9.17) is 4.74 Å². The molecular formula is C13H22N4O2. The Labute approximate surface area is 113 Å². The summed E-state index contributed by atoms with van der Waals surface area (Å²) in [5.74, 6) is 1.59. The summed E-state index contributed by atoms with van der Waals surface area (Å²) in [5, 5.41) is 3.36. The van der Waals surface area contributed by atoms with Crippen molar-refractivity contribution >= 4 is 5.82 Å². The van der Waals surface area contributed by atoms with Crippen molar-refractivity contribution < 1.29 is 4.74 Å². The van der Waals surface area contributed by atoms with Crippen molar-refractivity contribution in [3.05, 3.63) is 16.7 Å². The van der Waals surface area contributed by atoms with E-state index in [0.717, 1.165) is 26.2 Å². The lowest BCUT2D eigenvalue weighted by Crippen LogP contribution is -2.37. The molecule has 106 valence electrons. The number of hydrogen-bond donors (Lipinski definition) is 2. The average Bonchev–Trinajstić information content (AvgIpc) is 2.45. The van der Waals surface area contributed by atoms with Gasteiger partial charge in [-0.2, -0.15) is 0 Å². The Hall–Kier alpha value is -1.56. The van der Waals surface area contributed by atoms with Gasteiger partial charge in [-0.25, -0.2) is 4.98 Å². The average molecular weight is 266 g/mol. The number of piperidine rings is 1. The van der Waals surface area contributed by atoms with Crippen molar-refractivity contribution in [1.82, 2.24) is 15.3 Å². The minimum absolute atomic E-state index is 0.226. The summed E-state index contributed by atoms with van der Waals surface area (Å²) in [7, 11) is 1.51. The first-order valence-corrected chi connectivity index (χ1v) is 6.83. The molecule has 1 aliphatic rings. The zero-order valence-corrected chi connectivity index (χ0v) is 11.6. The molecule has 1 aromatic rings. The van der Waals surface area contributed by atoms with Gasteiger partial charge in [0.25, 0.3) is 5.56 Å². The Morgan fingerprint density at radius 1 is 1.47 bits per heavy atom. The van der Waals surface area contributed by atoms with Gasteiger partial charge in [-0.15, -0.1) is 0 Å². The van der Waals surface area contributed by atoms with Crippen LogP contribution in [0.2, 0.25) is 0 Å². The Morgan fingerprint density at radius 3 is 2.84 bits per heavy atom. The normalized spacial score (nSPS) is 16.3. The highest BCUT2D eigenvalue weighted by atomic mass is 16.5. The molecule has 0 radical (unpaired) electrons. The third-order valence-corrected chi connectivity index (χ3v) is 3.61. The molecule has 6 nitrogen and oxygen atoms in total. The molecule has 1 fully saturated rings. The van der Waals surface area contributed by atoms with E-state index >= 15 is 0 Å². The Bertz CT molecular complexity index is 454. The third-order valence-electron chi connectivity index (χ3n) is 3.61. The number of aromatic amines is 1. The molecule has 0 aromatic carbocycles. The van der Waals surface area contributed by atoms with Gasteiger partial charge < -0.3 is 19.9 Å². The maximum Gasteiger partial charge on any atom is 0.295 e. The molecule has 2 rings (SSSR count). The highest BCUT2D eigenvalue weighted by Crippen LogP contribution is 2.23. The number of ether oxygens (including phenoxy) is 1. The second-order valence-electron chi connectivity index (χ2n) is 4.82. The van der Waals surface area contributed by atoms with Gasteiger partial charge in [0, 0.05) is 13.1 Å². The van der Waals surface area contributed by atoms with E-state index < -0.39 is 0 Å². The summed E-state index contributed by atoms with van der Waals surface area (Å²) < 4.78 is 5.19. The molecule has 0 bridgehead atoms. The molecule has 0 saturated carbocycles. The fourth-order valence-corrected chi connectivity index (χ4v) is 2.53. The second kappa shape index (κ2) is 6.56. The van der Waals surface area contributed by atoms with Crippen LogP contribution in [0.15, 0.2) is 11.1 Å². The lowest BCUT2D eigenvalue weighted by molar-refractivity contribution is 0.369. The van der Waals surface area contributed by atoms with Gasteiger partial charge in [-0.3, -0.25) is 4.79 Å². The van der Waals surface area contributed by atoms with Gasteiger partial charge in [-0.1, -0.05) is 0 Å². The maximum atomic E-state index is 11.7. The molecule has 0 amide bonds. The molecule has 2 N–H and O–H groups in total. The predicted molar refractivity (Wildman–Crippen MR) is 74.9 cm³/mol. The fraction of sp³-hybridized carbons (Fsp3) is 0.692. The first kappa shape index (κ1) is 13.9. The fourth-order valence-electron chi connectivity index (χ4n) is 2.53. The number of methoxy groups -OCH3 is 1. The maximum absolute atomic E-state index is 11.7. The predicted octanol–water partition coefficient (Wildman–Crippen LogP) is 0.604. The zero-order valence-electron chi connectivity index (χ0n) is 11.6. The SMILES string of the molecule is CCN(CC1CCNCC1)c1nc[nH]c(=O)c1OC. The van der Waals surface area contributed by atoms with Crippen LogP contribution in [-0.4, -0.2) is 43.3 Å². The molecule has 0 spiro atoms. The molecular weight excluding hydrogens is 244 g/mol. The van der Waals surface area contributed by atoms with Crippen molar-refractivity contribution in [2.75, 3.05) is 38.2 Å². The summed E-state index contributed by atoms with van der Waals surface area (Å²) in [5.41, 5.74) is -0.226. The van der Waals surface area contributed by atoms with Gasteiger partial charge in [-0.05, 0) is 38.8 Å². The Kier molecular flexibility index (Phi) is 4.79. The van der Waals surface area contributed by atoms with Crippen LogP contribution in [0, 0.1) is 5.92 Å². The largest absolute Gasteiger partial charge is 0.489 e. The summed E-state index contributed by atoms with van der Waals surface area (Å²) >= 11 is 0. The van der Waals surface area contributed by atoms with Crippen LogP contribution in [0.3, 0.4) is 0 Å². The van der Waals surface area contributed by atoms with Crippen molar-refractivity contribution in [1.29, 1.82) is 0 Å². The van der Waals surface area contributed by atoms with Crippen LogP contribution < -0.4 is 20.5 Å². The third kappa shape index (κ3) is 3.26.